The van der Waals surface area contributed by atoms with Crippen LogP contribution in [-0.2, 0) is 0 Å². The first-order valence-corrected chi connectivity index (χ1v) is 8.90. The quantitative estimate of drug-likeness (QED) is 0.904. The molecule has 0 atom stereocenters. The average Bonchev–Trinajstić information content (AvgIpc) is 3.16. The Kier molecular flexibility index (Phi) is 5.25. The molecule has 2 heterocycles. The molecule has 1 aromatic carbocycles. The molecule has 0 unspecified atom stereocenters. The number of rotatable bonds is 4. The van der Waals surface area contributed by atoms with E-state index in [1.807, 2.05) is 4.90 Å². The Bertz CT molecular complexity index is 680. The molecule has 0 aliphatic carbocycles. The van der Waals surface area contributed by atoms with E-state index < -0.39 is 0 Å². The smallest absolute Gasteiger partial charge is 0.321 e. The first kappa shape index (κ1) is 16.6. The molecule has 1 aromatic heterocycles. The molecule has 128 valence electrons. The van der Waals surface area contributed by atoms with Gasteiger partial charge in [0.15, 0.2) is 0 Å². The predicted octanol–water partition coefficient (Wildman–Crippen LogP) is 4.18. The number of nitrogens with zero attached hydrogens (tertiary/aromatic N) is 1. The zero-order chi connectivity index (χ0) is 16.9. The van der Waals surface area contributed by atoms with Gasteiger partial charge in [-0.25, -0.2) is 4.79 Å². The number of thiophene rings is 1. The lowest BCUT2D eigenvalue weighted by Crippen LogP contribution is -2.40. The van der Waals surface area contributed by atoms with Crippen LogP contribution < -0.4 is 14.8 Å². The molecule has 1 N–H and O–H groups in total. The number of likely N-dealkylation sites (tertiary alicyclic amines) is 1. The first-order chi connectivity index (χ1) is 11.7. The van der Waals surface area contributed by atoms with E-state index in [0.29, 0.717) is 23.1 Å². The van der Waals surface area contributed by atoms with Crippen LogP contribution in [0.1, 0.15) is 23.6 Å². The molecule has 0 radical (unpaired) electrons. The summed E-state index contributed by atoms with van der Waals surface area (Å²) in [4.78, 5) is 15.8. The molecule has 1 fully saturated rings. The maximum atomic E-state index is 12.5. The van der Waals surface area contributed by atoms with Crippen molar-refractivity contribution in [2.45, 2.75) is 18.8 Å². The highest BCUT2D eigenvalue weighted by molar-refractivity contribution is 7.10. The molecule has 0 spiro atoms. The SMILES string of the molecule is COc1ccc(NC(=O)N2CCC(c3cccs3)CC2)c(OC)c1. The molecule has 1 aliphatic rings. The van der Waals surface area contributed by atoms with Crippen molar-refractivity contribution in [3.05, 3.63) is 40.6 Å². The summed E-state index contributed by atoms with van der Waals surface area (Å²) in [6, 6.07) is 9.57. The third-order valence-electron chi connectivity index (χ3n) is 4.38. The average molecular weight is 346 g/mol. The number of urea groups is 1. The van der Waals surface area contributed by atoms with Gasteiger partial charge in [0.2, 0.25) is 0 Å². The topological polar surface area (TPSA) is 50.8 Å². The van der Waals surface area contributed by atoms with Crippen molar-refractivity contribution in [2.24, 2.45) is 0 Å². The van der Waals surface area contributed by atoms with Gasteiger partial charge in [0, 0.05) is 24.0 Å². The van der Waals surface area contributed by atoms with Gasteiger partial charge in [-0.2, -0.15) is 0 Å². The Morgan fingerprint density at radius 2 is 2.00 bits per heavy atom. The summed E-state index contributed by atoms with van der Waals surface area (Å²) in [5.74, 6) is 1.86. The first-order valence-electron chi connectivity index (χ1n) is 8.02. The molecular weight excluding hydrogens is 324 g/mol. The minimum Gasteiger partial charge on any atom is -0.497 e. The number of carbonyl (C=O) groups excluding carboxylic acids is 1. The van der Waals surface area contributed by atoms with Gasteiger partial charge in [-0.3, -0.25) is 0 Å². The van der Waals surface area contributed by atoms with Crippen molar-refractivity contribution in [1.29, 1.82) is 0 Å². The van der Waals surface area contributed by atoms with E-state index in [2.05, 4.69) is 22.8 Å². The second kappa shape index (κ2) is 7.57. The zero-order valence-corrected chi connectivity index (χ0v) is 14.8. The fourth-order valence-corrected chi connectivity index (χ4v) is 3.89. The van der Waals surface area contributed by atoms with Gasteiger partial charge in [0.25, 0.3) is 0 Å². The second-order valence-electron chi connectivity index (χ2n) is 5.77. The van der Waals surface area contributed by atoms with Crippen LogP contribution in [0.2, 0.25) is 0 Å². The number of hydrogen-bond donors (Lipinski definition) is 1. The van der Waals surface area contributed by atoms with Gasteiger partial charge < -0.3 is 19.7 Å². The standard InChI is InChI=1S/C18H22N2O3S/c1-22-14-5-6-15(16(12-14)23-2)19-18(21)20-9-7-13(8-10-20)17-4-3-11-24-17/h3-6,11-13H,7-10H2,1-2H3,(H,19,21). The summed E-state index contributed by atoms with van der Waals surface area (Å²) in [5, 5.41) is 5.06. The normalized spacial score (nSPS) is 15.2. The third kappa shape index (κ3) is 3.64. The summed E-state index contributed by atoms with van der Waals surface area (Å²) < 4.78 is 10.5. The maximum absolute atomic E-state index is 12.5. The minimum atomic E-state index is -0.0805. The van der Waals surface area contributed by atoms with Gasteiger partial charge in [-0.05, 0) is 42.3 Å². The molecule has 1 aliphatic heterocycles. The van der Waals surface area contributed by atoms with Crippen molar-refractivity contribution in [3.63, 3.8) is 0 Å². The van der Waals surface area contributed by atoms with Crippen LogP contribution in [0.5, 0.6) is 11.5 Å². The number of anilines is 1. The Balaban J connectivity index is 1.60. The van der Waals surface area contributed by atoms with Gasteiger partial charge in [0.1, 0.15) is 11.5 Å². The number of nitrogens with one attached hydrogen (secondary N) is 1. The highest BCUT2D eigenvalue weighted by Gasteiger charge is 2.24. The molecule has 3 rings (SSSR count). The van der Waals surface area contributed by atoms with Crippen molar-refractivity contribution in [3.8, 4) is 11.5 Å². The number of methoxy groups -OCH3 is 2. The Labute approximate surface area is 146 Å². The summed E-state index contributed by atoms with van der Waals surface area (Å²) in [5.41, 5.74) is 0.656. The highest BCUT2D eigenvalue weighted by atomic mass is 32.1. The number of carbonyl (C=O) groups is 1. The van der Waals surface area contributed by atoms with Gasteiger partial charge in [-0.1, -0.05) is 6.07 Å². The summed E-state index contributed by atoms with van der Waals surface area (Å²) in [7, 11) is 3.18. The van der Waals surface area contributed by atoms with E-state index in [4.69, 9.17) is 9.47 Å². The maximum Gasteiger partial charge on any atom is 0.321 e. The second-order valence-corrected chi connectivity index (χ2v) is 6.75. The molecule has 24 heavy (non-hydrogen) atoms. The van der Waals surface area contributed by atoms with Crippen LogP contribution in [0.3, 0.4) is 0 Å². The number of benzene rings is 1. The summed E-state index contributed by atoms with van der Waals surface area (Å²) in [6.45, 7) is 1.54. The van der Waals surface area contributed by atoms with Crippen LogP contribution in [0.4, 0.5) is 10.5 Å². The van der Waals surface area contributed by atoms with Crippen LogP contribution in [0, 0.1) is 0 Å². The summed E-state index contributed by atoms with van der Waals surface area (Å²) >= 11 is 1.80. The highest BCUT2D eigenvalue weighted by Crippen LogP contribution is 2.32. The van der Waals surface area contributed by atoms with Gasteiger partial charge in [0.05, 0.1) is 19.9 Å². The van der Waals surface area contributed by atoms with Crippen molar-refractivity contribution >= 4 is 23.1 Å². The Morgan fingerprint density at radius 3 is 2.62 bits per heavy atom. The van der Waals surface area contributed by atoms with Crippen LogP contribution in [0.15, 0.2) is 35.7 Å². The number of hydrogen-bond acceptors (Lipinski definition) is 4. The Morgan fingerprint density at radius 1 is 1.21 bits per heavy atom. The lowest BCUT2D eigenvalue weighted by Gasteiger charge is -2.31. The molecule has 5 nitrogen and oxygen atoms in total. The van der Waals surface area contributed by atoms with Crippen LogP contribution in [-0.4, -0.2) is 38.2 Å². The fraction of sp³-hybridized carbons (Fsp3) is 0.389. The van der Waals surface area contributed by atoms with Crippen LogP contribution >= 0.6 is 11.3 Å². The van der Waals surface area contributed by atoms with Crippen molar-refractivity contribution in [2.75, 3.05) is 32.6 Å². The number of amides is 2. The number of ether oxygens (including phenoxy) is 2. The van der Waals surface area contributed by atoms with E-state index in [1.54, 1.807) is 43.8 Å². The molecule has 0 saturated carbocycles. The Hall–Kier alpha value is -2.21. The monoisotopic (exact) mass is 346 g/mol. The largest absolute Gasteiger partial charge is 0.497 e. The van der Waals surface area contributed by atoms with E-state index in [0.717, 1.165) is 25.9 Å². The van der Waals surface area contributed by atoms with E-state index >= 15 is 0 Å². The van der Waals surface area contributed by atoms with E-state index in [1.165, 1.54) is 4.88 Å². The fourth-order valence-electron chi connectivity index (χ4n) is 2.99. The molecule has 0 bridgehead atoms. The van der Waals surface area contributed by atoms with E-state index in [9.17, 15) is 4.79 Å². The van der Waals surface area contributed by atoms with Crippen LogP contribution in [0.25, 0.3) is 0 Å². The predicted molar refractivity (Wildman–Crippen MR) is 96.4 cm³/mol. The molecular formula is C18H22N2O3S. The van der Waals surface area contributed by atoms with E-state index in [-0.39, 0.29) is 6.03 Å². The minimum absolute atomic E-state index is 0.0805. The summed E-state index contributed by atoms with van der Waals surface area (Å²) in [6.07, 6.45) is 2.02. The zero-order valence-electron chi connectivity index (χ0n) is 14.0. The lowest BCUT2D eigenvalue weighted by molar-refractivity contribution is 0.195. The van der Waals surface area contributed by atoms with Crippen molar-refractivity contribution < 1.29 is 14.3 Å². The molecule has 1 saturated heterocycles. The van der Waals surface area contributed by atoms with Crippen molar-refractivity contribution in [1.82, 2.24) is 4.90 Å². The number of piperidine rings is 1. The van der Waals surface area contributed by atoms with Gasteiger partial charge >= 0.3 is 6.03 Å². The molecule has 2 aromatic rings. The van der Waals surface area contributed by atoms with Gasteiger partial charge in [-0.15, -0.1) is 11.3 Å². The third-order valence-corrected chi connectivity index (χ3v) is 5.41. The molecule has 2 amide bonds. The lowest BCUT2D eigenvalue weighted by atomic mass is 9.95. The molecule has 6 heteroatoms.